The summed E-state index contributed by atoms with van der Waals surface area (Å²) in [6.07, 6.45) is 6.23. The van der Waals surface area contributed by atoms with Crippen molar-refractivity contribution in [1.82, 2.24) is 19.7 Å². The Morgan fingerprint density at radius 2 is 1.86 bits per heavy atom. The average molecular weight is 497 g/mol. The first-order valence-electron chi connectivity index (χ1n) is 12.5. The lowest BCUT2D eigenvalue weighted by Gasteiger charge is -2.26. The normalized spacial score (nSPS) is 17.9. The molecule has 3 heterocycles. The topological polar surface area (TPSA) is 132 Å². The summed E-state index contributed by atoms with van der Waals surface area (Å²) < 4.78 is 7.93. The smallest absolute Gasteiger partial charge is 0.306 e. The van der Waals surface area contributed by atoms with E-state index in [1.807, 2.05) is 48.9 Å². The second kappa shape index (κ2) is 8.92. The molecule has 0 spiro atoms. The molecule has 1 saturated carbocycles. The van der Waals surface area contributed by atoms with E-state index in [4.69, 9.17) is 15.2 Å². The first-order chi connectivity index (χ1) is 17.9. The van der Waals surface area contributed by atoms with Gasteiger partial charge in [-0.15, -0.1) is 0 Å². The van der Waals surface area contributed by atoms with Gasteiger partial charge in [-0.3, -0.25) is 14.5 Å². The average Bonchev–Trinajstić information content (AvgIpc) is 3.47. The van der Waals surface area contributed by atoms with E-state index in [2.05, 4.69) is 21.4 Å². The number of rotatable bonds is 5. The van der Waals surface area contributed by atoms with Crippen molar-refractivity contribution < 1.29 is 14.3 Å². The largest absolute Gasteiger partial charge is 0.481 e. The monoisotopic (exact) mass is 496 g/mol. The van der Waals surface area contributed by atoms with Crippen LogP contribution in [0.2, 0.25) is 0 Å². The number of carboxylic acid groups (broad SMARTS) is 1. The molecule has 0 bridgehead atoms. The van der Waals surface area contributed by atoms with E-state index < -0.39 is 5.97 Å². The van der Waals surface area contributed by atoms with E-state index >= 15 is 0 Å². The molecule has 0 radical (unpaired) electrons. The Morgan fingerprint density at radius 3 is 2.59 bits per heavy atom. The molecule has 0 amide bonds. The number of nitrogens with two attached hydrogens (primary N) is 1. The Morgan fingerprint density at radius 1 is 1.11 bits per heavy atom. The Hall–Kier alpha value is -4.40. The van der Waals surface area contributed by atoms with Crippen LogP contribution >= 0.6 is 0 Å². The van der Waals surface area contributed by atoms with Gasteiger partial charge in [0.1, 0.15) is 11.2 Å². The molecule has 37 heavy (non-hydrogen) atoms. The van der Waals surface area contributed by atoms with Gasteiger partial charge in [0, 0.05) is 11.3 Å². The van der Waals surface area contributed by atoms with Gasteiger partial charge in [-0.05, 0) is 68.9 Å². The predicted octanol–water partition coefficient (Wildman–Crippen LogP) is 6.00. The van der Waals surface area contributed by atoms with Gasteiger partial charge in [-0.2, -0.15) is 10.1 Å². The number of pyridine rings is 1. The SMILES string of the molecule is Cc1cc(C)c2oc(Nc3ccc(-c4nn(C5CCC(C(=O)O)CC5)c5cncc(N)c45)cc3)nc2c1. The number of aryl methyl sites for hydroxylation is 2. The number of aromatic nitrogens is 4. The van der Waals surface area contributed by atoms with Crippen molar-refractivity contribution in [1.29, 1.82) is 0 Å². The molecule has 188 valence electrons. The van der Waals surface area contributed by atoms with E-state index in [1.54, 1.807) is 12.4 Å². The molecule has 1 aliphatic carbocycles. The molecule has 0 aliphatic heterocycles. The summed E-state index contributed by atoms with van der Waals surface area (Å²) in [4.78, 5) is 20.3. The summed E-state index contributed by atoms with van der Waals surface area (Å²) in [6, 6.07) is 12.6. The molecular formula is C28H28N6O3. The molecule has 9 nitrogen and oxygen atoms in total. The highest BCUT2D eigenvalue weighted by atomic mass is 16.4. The number of aliphatic carboxylic acids is 1. The van der Waals surface area contributed by atoms with E-state index in [0.29, 0.717) is 24.5 Å². The second-order valence-electron chi connectivity index (χ2n) is 9.91. The molecule has 0 atom stereocenters. The molecule has 5 aromatic rings. The van der Waals surface area contributed by atoms with Crippen molar-refractivity contribution in [3.63, 3.8) is 0 Å². The minimum Gasteiger partial charge on any atom is -0.481 e. The standard InChI is InChI=1S/C28H28N6O3/c1-15-11-16(2)26-22(12-15)32-28(37-26)31-19-7-3-17(4-8-19)25-24-21(29)13-30-14-23(24)34(33-25)20-9-5-18(6-10-20)27(35)36/h3-4,7-8,11-14,18,20H,5-6,9-10,29H2,1-2H3,(H,31,32)(H,35,36). The number of oxazole rings is 1. The molecule has 1 fully saturated rings. The molecule has 6 rings (SSSR count). The van der Waals surface area contributed by atoms with E-state index in [1.165, 1.54) is 0 Å². The number of nitrogen functional groups attached to an aromatic ring is 1. The molecule has 2 aromatic carbocycles. The van der Waals surface area contributed by atoms with Crippen LogP contribution in [0.3, 0.4) is 0 Å². The summed E-state index contributed by atoms with van der Waals surface area (Å²) in [5.74, 6) is -0.998. The second-order valence-corrected chi connectivity index (χ2v) is 9.91. The van der Waals surface area contributed by atoms with Crippen LogP contribution in [0.4, 0.5) is 17.4 Å². The number of fused-ring (bicyclic) bond motifs is 2. The van der Waals surface area contributed by atoms with E-state index in [9.17, 15) is 9.90 Å². The van der Waals surface area contributed by atoms with Crippen LogP contribution in [0.25, 0.3) is 33.3 Å². The lowest BCUT2D eigenvalue weighted by Crippen LogP contribution is -2.23. The van der Waals surface area contributed by atoms with Gasteiger partial charge in [0.05, 0.1) is 40.9 Å². The molecule has 1 aliphatic rings. The Labute approximate surface area is 213 Å². The number of hydrogen-bond acceptors (Lipinski definition) is 7. The zero-order chi connectivity index (χ0) is 25.7. The fourth-order valence-electron chi connectivity index (χ4n) is 5.42. The first-order valence-corrected chi connectivity index (χ1v) is 12.5. The van der Waals surface area contributed by atoms with Crippen LogP contribution in [0, 0.1) is 19.8 Å². The number of carbonyl (C=O) groups is 1. The van der Waals surface area contributed by atoms with Gasteiger partial charge in [-0.25, -0.2) is 0 Å². The third-order valence-electron chi connectivity index (χ3n) is 7.27. The van der Waals surface area contributed by atoms with Crippen LogP contribution in [-0.4, -0.2) is 30.8 Å². The van der Waals surface area contributed by atoms with Crippen LogP contribution < -0.4 is 11.1 Å². The number of benzene rings is 2. The van der Waals surface area contributed by atoms with Gasteiger partial charge in [0.15, 0.2) is 5.58 Å². The zero-order valence-electron chi connectivity index (χ0n) is 20.7. The third-order valence-corrected chi connectivity index (χ3v) is 7.27. The van der Waals surface area contributed by atoms with E-state index in [-0.39, 0.29) is 12.0 Å². The minimum absolute atomic E-state index is 0.114. The predicted molar refractivity (Wildman–Crippen MR) is 143 cm³/mol. The van der Waals surface area contributed by atoms with Crippen molar-refractivity contribution in [3.05, 3.63) is 59.9 Å². The zero-order valence-corrected chi connectivity index (χ0v) is 20.7. The van der Waals surface area contributed by atoms with Crippen LogP contribution in [-0.2, 0) is 4.79 Å². The minimum atomic E-state index is -0.716. The molecule has 3 aromatic heterocycles. The summed E-state index contributed by atoms with van der Waals surface area (Å²) in [5.41, 5.74) is 14.2. The molecule has 4 N–H and O–H groups in total. The van der Waals surface area contributed by atoms with Crippen molar-refractivity contribution in [3.8, 4) is 11.3 Å². The Bertz CT molecular complexity index is 1630. The van der Waals surface area contributed by atoms with Gasteiger partial charge in [0.2, 0.25) is 0 Å². The summed E-state index contributed by atoms with van der Waals surface area (Å²) >= 11 is 0. The highest BCUT2D eigenvalue weighted by molar-refractivity contribution is 6.01. The van der Waals surface area contributed by atoms with Gasteiger partial charge in [-0.1, -0.05) is 18.2 Å². The maximum absolute atomic E-state index is 11.4. The molecule has 0 unspecified atom stereocenters. The van der Waals surface area contributed by atoms with Crippen LogP contribution in [0.15, 0.2) is 53.2 Å². The maximum atomic E-state index is 11.4. The number of nitrogens with zero attached hydrogens (tertiary/aromatic N) is 4. The van der Waals surface area contributed by atoms with Gasteiger partial charge < -0.3 is 20.6 Å². The van der Waals surface area contributed by atoms with E-state index in [0.717, 1.165) is 62.9 Å². The van der Waals surface area contributed by atoms with Crippen LogP contribution in [0.1, 0.15) is 42.9 Å². The Kier molecular flexibility index (Phi) is 5.55. The molecule has 0 saturated heterocycles. The number of nitrogens with one attached hydrogen (secondary N) is 1. The highest BCUT2D eigenvalue weighted by Gasteiger charge is 2.29. The van der Waals surface area contributed by atoms with Crippen molar-refractivity contribution in [2.45, 2.75) is 45.6 Å². The van der Waals surface area contributed by atoms with Crippen molar-refractivity contribution in [2.24, 2.45) is 5.92 Å². The fraction of sp³-hybridized carbons (Fsp3) is 0.286. The van der Waals surface area contributed by atoms with Crippen LogP contribution in [0.5, 0.6) is 0 Å². The van der Waals surface area contributed by atoms with Gasteiger partial charge >= 0.3 is 5.97 Å². The Balaban J connectivity index is 1.30. The lowest BCUT2D eigenvalue weighted by molar-refractivity contribution is -0.143. The lowest BCUT2D eigenvalue weighted by atomic mass is 9.86. The molecular weight excluding hydrogens is 468 g/mol. The maximum Gasteiger partial charge on any atom is 0.306 e. The summed E-state index contributed by atoms with van der Waals surface area (Å²) in [6.45, 7) is 4.06. The summed E-state index contributed by atoms with van der Waals surface area (Å²) in [5, 5.41) is 18.5. The fourth-order valence-corrected chi connectivity index (χ4v) is 5.42. The third kappa shape index (κ3) is 4.16. The quantitative estimate of drug-likeness (QED) is 0.270. The first kappa shape index (κ1) is 23.0. The highest BCUT2D eigenvalue weighted by Crippen LogP contribution is 2.38. The number of anilines is 3. The van der Waals surface area contributed by atoms with Crippen molar-refractivity contribution >= 4 is 45.4 Å². The molecule has 9 heteroatoms. The number of hydrogen-bond donors (Lipinski definition) is 3. The van der Waals surface area contributed by atoms with Gasteiger partial charge in [0.25, 0.3) is 6.01 Å². The number of carboxylic acids is 1. The summed E-state index contributed by atoms with van der Waals surface area (Å²) in [7, 11) is 0. The van der Waals surface area contributed by atoms with Crippen molar-refractivity contribution in [2.75, 3.05) is 11.1 Å².